The Hall–Kier alpha value is -4.04. The van der Waals surface area contributed by atoms with E-state index >= 15 is 0 Å². The highest BCUT2D eigenvalue weighted by Gasteiger charge is 2.25. The Kier molecular flexibility index (Phi) is 6.52. The molecule has 0 aliphatic carbocycles. The van der Waals surface area contributed by atoms with E-state index in [0.29, 0.717) is 28.4 Å². The Balaban J connectivity index is 1.34. The van der Waals surface area contributed by atoms with E-state index in [2.05, 4.69) is 5.32 Å². The van der Waals surface area contributed by atoms with Crippen LogP contribution >= 0.6 is 11.8 Å². The lowest BCUT2D eigenvalue weighted by molar-refractivity contribution is -0.116. The van der Waals surface area contributed by atoms with Gasteiger partial charge in [-0.2, -0.15) is 0 Å². The molecule has 1 aliphatic rings. The van der Waals surface area contributed by atoms with Crippen molar-refractivity contribution in [2.75, 3.05) is 22.5 Å². The zero-order valence-electron chi connectivity index (χ0n) is 20.1. The second kappa shape index (κ2) is 9.91. The molecule has 182 valence electrons. The van der Waals surface area contributed by atoms with Gasteiger partial charge in [-0.15, -0.1) is 11.8 Å². The minimum absolute atomic E-state index is 0.00446. The van der Waals surface area contributed by atoms with Crippen molar-refractivity contribution in [2.45, 2.75) is 18.2 Å². The Bertz CT molecular complexity index is 1510. The number of amides is 2. The van der Waals surface area contributed by atoms with Gasteiger partial charge in [0, 0.05) is 24.2 Å². The van der Waals surface area contributed by atoms with Crippen LogP contribution in [-0.4, -0.2) is 33.5 Å². The lowest BCUT2D eigenvalue weighted by atomic mass is 10.2. The van der Waals surface area contributed by atoms with Crippen LogP contribution in [-0.2, 0) is 18.3 Å². The van der Waals surface area contributed by atoms with Gasteiger partial charge in [-0.1, -0.05) is 48.5 Å². The minimum atomic E-state index is -0.386. The van der Waals surface area contributed by atoms with Gasteiger partial charge in [0.1, 0.15) is 5.69 Å². The van der Waals surface area contributed by atoms with Gasteiger partial charge in [0.15, 0.2) is 0 Å². The van der Waals surface area contributed by atoms with Crippen LogP contribution in [0.5, 0.6) is 0 Å². The predicted molar refractivity (Wildman–Crippen MR) is 143 cm³/mol. The van der Waals surface area contributed by atoms with Crippen LogP contribution in [0.2, 0.25) is 0 Å². The van der Waals surface area contributed by atoms with Gasteiger partial charge in [0.2, 0.25) is 5.91 Å². The van der Waals surface area contributed by atoms with Crippen LogP contribution in [0.3, 0.4) is 0 Å². The van der Waals surface area contributed by atoms with Gasteiger partial charge in [-0.3, -0.25) is 19.1 Å². The van der Waals surface area contributed by atoms with E-state index in [-0.39, 0.29) is 28.8 Å². The average molecular weight is 499 g/mol. The number of thioether (sulfide) groups is 1. The number of rotatable bonds is 6. The largest absolute Gasteiger partial charge is 0.316 e. The molecule has 1 aromatic heterocycles. The molecule has 0 saturated carbocycles. The Morgan fingerprint density at radius 3 is 2.44 bits per heavy atom. The van der Waals surface area contributed by atoms with Crippen molar-refractivity contribution in [1.82, 2.24) is 9.36 Å². The molecule has 4 aromatic rings. The standard InChI is InChI=1S/C28H26N4O3S/c1-19-26(28(35)32(30(19)2)21-11-4-3-5-12-21)29-27(34)22-13-7-9-15-24(22)36-18-25(33)31-17-16-20-10-6-8-14-23(20)31/h3-15H,16-18H2,1-2H3,(H,29,34). The Labute approximate surface area is 213 Å². The van der Waals surface area contributed by atoms with Gasteiger partial charge in [-0.05, 0) is 49.2 Å². The Morgan fingerprint density at radius 1 is 0.944 bits per heavy atom. The molecule has 0 atom stereocenters. The van der Waals surface area contributed by atoms with E-state index in [4.69, 9.17) is 0 Å². The first-order chi connectivity index (χ1) is 17.5. The summed E-state index contributed by atoms with van der Waals surface area (Å²) in [5.41, 5.74) is 3.85. The van der Waals surface area contributed by atoms with Gasteiger partial charge in [-0.25, -0.2) is 4.68 Å². The molecule has 0 saturated heterocycles. The Morgan fingerprint density at radius 2 is 1.64 bits per heavy atom. The molecule has 36 heavy (non-hydrogen) atoms. The summed E-state index contributed by atoms with van der Waals surface area (Å²) < 4.78 is 3.25. The third-order valence-corrected chi connectivity index (χ3v) is 7.52. The van der Waals surface area contributed by atoms with Crippen molar-refractivity contribution in [1.29, 1.82) is 0 Å². The fraction of sp³-hybridized carbons (Fsp3) is 0.179. The van der Waals surface area contributed by atoms with Crippen LogP contribution in [0.4, 0.5) is 11.4 Å². The summed E-state index contributed by atoms with van der Waals surface area (Å²) in [7, 11) is 1.78. The normalized spacial score (nSPS) is 12.4. The molecule has 2 heterocycles. The number of para-hydroxylation sites is 2. The summed E-state index contributed by atoms with van der Waals surface area (Å²) in [6.45, 7) is 2.46. The molecule has 0 unspecified atom stereocenters. The van der Waals surface area contributed by atoms with Crippen molar-refractivity contribution in [3.05, 3.63) is 106 Å². The summed E-state index contributed by atoms with van der Waals surface area (Å²) >= 11 is 1.33. The lowest BCUT2D eigenvalue weighted by Crippen LogP contribution is -2.30. The molecule has 0 bridgehead atoms. The quantitative estimate of drug-likeness (QED) is 0.400. The fourth-order valence-electron chi connectivity index (χ4n) is 4.49. The van der Waals surface area contributed by atoms with Crippen LogP contribution in [0.15, 0.2) is 88.6 Å². The van der Waals surface area contributed by atoms with Crippen LogP contribution in [0.1, 0.15) is 21.6 Å². The number of fused-ring (bicyclic) bond motifs is 1. The minimum Gasteiger partial charge on any atom is -0.316 e. The van der Waals surface area contributed by atoms with Gasteiger partial charge < -0.3 is 10.2 Å². The van der Waals surface area contributed by atoms with Gasteiger partial charge in [0.25, 0.3) is 11.5 Å². The van der Waals surface area contributed by atoms with Gasteiger partial charge >= 0.3 is 0 Å². The molecule has 0 spiro atoms. The number of benzene rings is 3. The third kappa shape index (κ3) is 4.35. The maximum atomic E-state index is 13.3. The molecule has 2 amide bonds. The summed E-state index contributed by atoms with van der Waals surface area (Å²) in [5, 5.41) is 2.82. The van der Waals surface area contributed by atoms with E-state index in [1.165, 1.54) is 22.0 Å². The molecular formula is C28H26N4O3S. The number of aromatic nitrogens is 2. The van der Waals surface area contributed by atoms with Crippen LogP contribution < -0.4 is 15.8 Å². The molecule has 1 aliphatic heterocycles. The monoisotopic (exact) mass is 498 g/mol. The number of hydrogen-bond donors (Lipinski definition) is 1. The smallest absolute Gasteiger partial charge is 0.295 e. The van der Waals surface area contributed by atoms with E-state index in [1.807, 2.05) is 71.6 Å². The topological polar surface area (TPSA) is 76.3 Å². The molecule has 3 aromatic carbocycles. The molecule has 0 fully saturated rings. The predicted octanol–water partition coefficient (Wildman–Crippen LogP) is 4.42. The molecule has 7 nitrogen and oxygen atoms in total. The highest BCUT2D eigenvalue weighted by molar-refractivity contribution is 8.00. The zero-order chi connectivity index (χ0) is 25.2. The number of carbonyl (C=O) groups is 2. The maximum Gasteiger partial charge on any atom is 0.295 e. The highest BCUT2D eigenvalue weighted by Crippen LogP contribution is 2.30. The van der Waals surface area contributed by atoms with Crippen LogP contribution in [0.25, 0.3) is 5.69 Å². The molecule has 0 radical (unpaired) electrons. The molecular weight excluding hydrogens is 472 g/mol. The fourth-order valence-corrected chi connectivity index (χ4v) is 5.41. The van der Waals surface area contributed by atoms with Crippen LogP contribution in [0, 0.1) is 6.92 Å². The highest BCUT2D eigenvalue weighted by atomic mass is 32.2. The summed E-state index contributed by atoms with van der Waals surface area (Å²) in [6.07, 6.45) is 0.850. The molecule has 1 N–H and O–H groups in total. The van der Waals surface area contributed by atoms with E-state index in [0.717, 1.165) is 12.1 Å². The maximum absolute atomic E-state index is 13.3. The number of nitrogens with zero attached hydrogens (tertiary/aromatic N) is 3. The average Bonchev–Trinajstić information content (AvgIpc) is 3.43. The first-order valence-corrected chi connectivity index (χ1v) is 12.7. The number of hydrogen-bond acceptors (Lipinski definition) is 4. The zero-order valence-corrected chi connectivity index (χ0v) is 20.9. The second-order valence-electron chi connectivity index (χ2n) is 8.60. The van der Waals surface area contributed by atoms with Crippen molar-refractivity contribution < 1.29 is 9.59 Å². The van der Waals surface area contributed by atoms with Crippen molar-refractivity contribution in [3.63, 3.8) is 0 Å². The summed E-state index contributed by atoms with van der Waals surface area (Å²) in [4.78, 5) is 42.0. The van der Waals surface area contributed by atoms with Crippen molar-refractivity contribution in [3.8, 4) is 5.69 Å². The van der Waals surface area contributed by atoms with E-state index in [9.17, 15) is 14.4 Å². The van der Waals surface area contributed by atoms with E-state index < -0.39 is 0 Å². The molecule has 8 heteroatoms. The first kappa shape index (κ1) is 23.7. The first-order valence-electron chi connectivity index (χ1n) is 11.7. The van der Waals surface area contributed by atoms with Crippen molar-refractivity contribution in [2.24, 2.45) is 7.05 Å². The SMILES string of the molecule is Cc1c(NC(=O)c2ccccc2SCC(=O)N2CCc3ccccc32)c(=O)n(-c2ccccc2)n1C. The number of carbonyl (C=O) groups excluding carboxylic acids is 2. The number of nitrogens with one attached hydrogen (secondary N) is 1. The summed E-state index contributed by atoms with van der Waals surface area (Å²) in [6, 6.07) is 24.4. The lowest BCUT2D eigenvalue weighted by Gasteiger charge is -2.17. The van der Waals surface area contributed by atoms with Gasteiger partial charge in [0.05, 0.1) is 22.7 Å². The second-order valence-corrected chi connectivity index (χ2v) is 9.62. The summed E-state index contributed by atoms with van der Waals surface area (Å²) in [5.74, 6) is -0.169. The van der Waals surface area contributed by atoms with Crippen molar-refractivity contribution >= 4 is 35.0 Å². The third-order valence-electron chi connectivity index (χ3n) is 6.46. The number of anilines is 2. The van der Waals surface area contributed by atoms with E-state index in [1.54, 1.807) is 30.8 Å². The molecule has 5 rings (SSSR count).